The van der Waals surface area contributed by atoms with E-state index in [-0.39, 0.29) is 11.5 Å². The predicted octanol–water partition coefficient (Wildman–Crippen LogP) is 4.24. The van der Waals surface area contributed by atoms with Crippen molar-refractivity contribution in [1.29, 1.82) is 5.26 Å². The number of thioether (sulfide) groups is 1. The van der Waals surface area contributed by atoms with Crippen molar-refractivity contribution in [2.45, 2.75) is 23.6 Å². The summed E-state index contributed by atoms with van der Waals surface area (Å²) in [5, 5.41) is 12.2. The van der Waals surface area contributed by atoms with E-state index in [1.165, 1.54) is 11.8 Å². The normalized spacial score (nSPS) is 11.3. The Kier molecular flexibility index (Phi) is 7.47. The Morgan fingerprint density at radius 2 is 1.88 bits per heavy atom. The molecule has 162 valence electrons. The monoisotopic (exact) mass is 446 g/mol. The molecule has 1 heterocycles. The van der Waals surface area contributed by atoms with Gasteiger partial charge in [0.2, 0.25) is 5.91 Å². The first-order valence-corrected chi connectivity index (χ1v) is 10.8. The first kappa shape index (κ1) is 22.8. The minimum Gasteiger partial charge on any atom is -0.497 e. The van der Waals surface area contributed by atoms with Crippen molar-refractivity contribution >= 4 is 29.3 Å². The lowest BCUT2D eigenvalue weighted by Gasteiger charge is -2.16. The summed E-state index contributed by atoms with van der Waals surface area (Å²) in [4.78, 5) is 29.2. The molecule has 0 aliphatic heterocycles. The molecule has 2 aromatic carbocycles. The molecule has 0 saturated carbocycles. The Bertz CT molecular complexity index is 1170. The molecule has 3 N–H and O–H groups in total. The number of amides is 2. The van der Waals surface area contributed by atoms with Crippen LogP contribution in [0.3, 0.4) is 0 Å². The highest BCUT2D eigenvalue weighted by Crippen LogP contribution is 2.31. The van der Waals surface area contributed by atoms with Crippen LogP contribution in [0.5, 0.6) is 5.75 Å². The van der Waals surface area contributed by atoms with Gasteiger partial charge in [0, 0.05) is 5.56 Å². The maximum absolute atomic E-state index is 12.9. The zero-order valence-corrected chi connectivity index (χ0v) is 18.5. The Balaban J connectivity index is 1.85. The van der Waals surface area contributed by atoms with E-state index in [4.69, 9.17) is 10.5 Å². The summed E-state index contributed by atoms with van der Waals surface area (Å²) in [6.45, 7) is 1.87. The molecule has 1 aromatic heterocycles. The third-order valence-electron chi connectivity index (χ3n) is 4.73. The van der Waals surface area contributed by atoms with Gasteiger partial charge >= 0.3 is 0 Å². The van der Waals surface area contributed by atoms with Crippen molar-refractivity contribution in [3.63, 3.8) is 0 Å². The van der Waals surface area contributed by atoms with Crippen LogP contribution in [0.15, 0.2) is 65.7 Å². The first-order chi connectivity index (χ1) is 15.5. The fraction of sp³-hybridized carbons (Fsp3) is 0.167. The van der Waals surface area contributed by atoms with Crippen molar-refractivity contribution in [3.8, 4) is 23.1 Å². The molecule has 0 saturated heterocycles. The third kappa shape index (κ3) is 5.25. The van der Waals surface area contributed by atoms with E-state index in [0.29, 0.717) is 28.4 Å². The number of primary amides is 1. The Morgan fingerprint density at radius 3 is 2.50 bits per heavy atom. The second-order valence-electron chi connectivity index (χ2n) is 6.80. The van der Waals surface area contributed by atoms with Gasteiger partial charge in [-0.2, -0.15) is 5.26 Å². The SMILES string of the molecule is CCC(Sc1nc(-c2ccc(OC)cc2)ccc1C#N)C(=O)Nc1ccccc1C(N)=O. The number of carbonyl (C=O) groups excluding carboxylic acids is 2. The van der Waals surface area contributed by atoms with E-state index < -0.39 is 11.2 Å². The number of hydrogen-bond acceptors (Lipinski definition) is 6. The number of benzene rings is 2. The number of nitrogens with one attached hydrogen (secondary N) is 1. The van der Waals surface area contributed by atoms with Crippen molar-refractivity contribution in [2.24, 2.45) is 5.73 Å². The molecular formula is C24H22N4O3S. The number of carbonyl (C=O) groups is 2. The number of hydrogen-bond donors (Lipinski definition) is 2. The lowest BCUT2D eigenvalue weighted by molar-refractivity contribution is -0.115. The molecule has 0 aliphatic rings. The molecule has 0 spiro atoms. The number of ether oxygens (including phenoxy) is 1. The standard InChI is InChI=1S/C24H22N4O3S/c1-3-21(23(30)27-20-7-5-4-6-18(20)22(26)29)32-24-16(14-25)10-13-19(28-24)15-8-11-17(31-2)12-9-15/h4-13,21H,3H2,1-2H3,(H2,26,29)(H,27,30). The average molecular weight is 447 g/mol. The molecule has 8 heteroatoms. The Morgan fingerprint density at radius 1 is 1.16 bits per heavy atom. The van der Waals surface area contributed by atoms with Crippen LogP contribution in [0.4, 0.5) is 5.69 Å². The number of nitrogens with zero attached hydrogens (tertiary/aromatic N) is 2. The molecule has 0 radical (unpaired) electrons. The summed E-state index contributed by atoms with van der Waals surface area (Å²) in [6, 6.07) is 19.6. The van der Waals surface area contributed by atoms with Gasteiger partial charge in [0.25, 0.3) is 5.91 Å². The van der Waals surface area contributed by atoms with Crippen LogP contribution in [0.2, 0.25) is 0 Å². The molecule has 0 fully saturated rings. The lowest BCUT2D eigenvalue weighted by Crippen LogP contribution is -2.26. The smallest absolute Gasteiger partial charge is 0.250 e. The van der Waals surface area contributed by atoms with Crippen LogP contribution in [-0.4, -0.2) is 29.2 Å². The second kappa shape index (κ2) is 10.5. The fourth-order valence-corrected chi connectivity index (χ4v) is 4.01. The molecule has 2 amide bonds. The van der Waals surface area contributed by atoms with Crippen LogP contribution in [0.1, 0.15) is 29.3 Å². The molecule has 7 nitrogen and oxygen atoms in total. The number of aromatic nitrogens is 1. The van der Waals surface area contributed by atoms with Crippen molar-refractivity contribution in [1.82, 2.24) is 4.98 Å². The number of rotatable bonds is 8. The third-order valence-corrected chi connectivity index (χ3v) is 6.10. The zero-order chi connectivity index (χ0) is 23.1. The van der Waals surface area contributed by atoms with E-state index in [0.717, 1.165) is 11.3 Å². The molecule has 32 heavy (non-hydrogen) atoms. The highest BCUT2D eigenvalue weighted by Gasteiger charge is 2.22. The topological polar surface area (TPSA) is 118 Å². The lowest BCUT2D eigenvalue weighted by atomic mass is 10.1. The highest BCUT2D eigenvalue weighted by molar-refractivity contribution is 8.00. The van der Waals surface area contributed by atoms with Crippen molar-refractivity contribution < 1.29 is 14.3 Å². The van der Waals surface area contributed by atoms with Gasteiger partial charge in [0.15, 0.2) is 0 Å². The van der Waals surface area contributed by atoms with Crippen LogP contribution in [0, 0.1) is 11.3 Å². The van der Waals surface area contributed by atoms with Crippen LogP contribution >= 0.6 is 11.8 Å². The van der Waals surface area contributed by atoms with Crippen LogP contribution in [-0.2, 0) is 4.79 Å². The van der Waals surface area contributed by atoms with Crippen LogP contribution in [0.25, 0.3) is 11.3 Å². The molecule has 0 aliphatic carbocycles. The number of pyridine rings is 1. The summed E-state index contributed by atoms with van der Waals surface area (Å²) in [5.41, 5.74) is 7.92. The summed E-state index contributed by atoms with van der Waals surface area (Å²) in [5.74, 6) is -0.190. The van der Waals surface area contributed by atoms with Gasteiger partial charge in [-0.25, -0.2) is 4.98 Å². The largest absolute Gasteiger partial charge is 0.497 e. The van der Waals surface area contributed by atoms with Crippen molar-refractivity contribution in [2.75, 3.05) is 12.4 Å². The number of anilines is 1. The Hall–Kier alpha value is -3.83. The van der Waals surface area contributed by atoms with Gasteiger partial charge in [-0.15, -0.1) is 0 Å². The minimum atomic E-state index is -0.623. The zero-order valence-electron chi connectivity index (χ0n) is 17.7. The fourth-order valence-electron chi connectivity index (χ4n) is 3.02. The quantitative estimate of drug-likeness (QED) is 0.500. The summed E-state index contributed by atoms with van der Waals surface area (Å²) < 4.78 is 5.19. The van der Waals surface area contributed by atoms with E-state index in [1.54, 1.807) is 43.5 Å². The molecule has 1 atom stereocenters. The molecule has 1 unspecified atom stereocenters. The van der Waals surface area contributed by atoms with E-state index in [2.05, 4.69) is 16.4 Å². The predicted molar refractivity (Wildman–Crippen MR) is 124 cm³/mol. The van der Waals surface area contributed by atoms with Gasteiger partial charge in [-0.05, 0) is 55.0 Å². The number of methoxy groups -OCH3 is 1. The number of nitrogens with two attached hydrogens (primary N) is 1. The minimum absolute atomic E-state index is 0.234. The number of nitriles is 1. The van der Waals surface area contributed by atoms with Gasteiger partial charge < -0.3 is 15.8 Å². The maximum atomic E-state index is 12.9. The number of para-hydroxylation sites is 1. The van der Waals surface area contributed by atoms with Gasteiger partial charge in [0.1, 0.15) is 16.8 Å². The Labute approximate surface area is 190 Å². The highest BCUT2D eigenvalue weighted by atomic mass is 32.2. The van der Waals surface area contributed by atoms with Crippen molar-refractivity contribution in [3.05, 3.63) is 71.8 Å². The first-order valence-electron chi connectivity index (χ1n) is 9.88. The van der Waals surface area contributed by atoms with Gasteiger partial charge in [-0.3, -0.25) is 9.59 Å². The molecule has 0 bridgehead atoms. The van der Waals surface area contributed by atoms with E-state index in [1.807, 2.05) is 31.2 Å². The van der Waals surface area contributed by atoms with Crippen LogP contribution < -0.4 is 15.8 Å². The molecular weight excluding hydrogens is 424 g/mol. The summed E-state index contributed by atoms with van der Waals surface area (Å²) >= 11 is 1.21. The van der Waals surface area contributed by atoms with Gasteiger partial charge in [-0.1, -0.05) is 30.8 Å². The van der Waals surface area contributed by atoms with E-state index >= 15 is 0 Å². The molecule has 3 rings (SSSR count). The average Bonchev–Trinajstić information content (AvgIpc) is 2.82. The maximum Gasteiger partial charge on any atom is 0.250 e. The second-order valence-corrected chi connectivity index (χ2v) is 7.99. The van der Waals surface area contributed by atoms with E-state index in [9.17, 15) is 14.9 Å². The van der Waals surface area contributed by atoms with Gasteiger partial charge in [0.05, 0.1) is 34.9 Å². The summed E-state index contributed by atoms with van der Waals surface area (Å²) in [7, 11) is 1.60. The summed E-state index contributed by atoms with van der Waals surface area (Å²) in [6.07, 6.45) is 0.495. The molecule has 3 aromatic rings.